The Balaban J connectivity index is 2.42. The predicted molar refractivity (Wildman–Crippen MR) is 56.5 cm³/mol. The third-order valence-electron chi connectivity index (χ3n) is 2.08. The average molecular weight is 204 g/mol. The van der Waals surface area contributed by atoms with Crippen molar-refractivity contribution in [1.29, 1.82) is 0 Å². The van der Waals surface area contributed by atoms with Gasteiger partial charge in [-0.2, -0.15) is 5.10 Å². The maximum atomic E-state index is 5.72. The molecule has 2 heterocycles. The molecule has 0 aliphatic rings. The van der Waals surface area contributed by atoms with Crippen LogP contribution in [0.5, 0.6) is 0 Å². The lowest BCUT2D eigenvalue weighted by molar-refractivity contribution is 0.768. The number of nitrogens with two attached hydrogens (primary N) is 2. The van der Waals surface area contributed by atoms with E-state index in [1.54, 1.807) is 17.1 Å². The van der Waals surface area contributed by atoms with Gasteiger partial charge in [-0.25, -0.2) is 9.97 Å². The minimum Gasteiger partial charge on any atom is -0.383 e. The van der Waals surface area contributed by atoms with Crippen molar-refractivity contribution in [2.45, 2.75) is 6.54 Å². The summed E-state index contributed by atoms with van der Waals surface area (Å²) in [5.41, 5.74) is 12.8. The van der Waals surface area contributed by atoms with Crippen LogP contribution in [0.2, 0.25) is 0 Å². The summed E-state index contributed by atoms with van der Waals surface area (Å²) in [5.74, 6) is 0.990. The molecule has 0 saturated carbocycles. The summed E-state index contributed by atoms with van der Waals surface area (Å²) < 4.78 is 1.69. The fourth-order valence-electron chi connectivity index (χ4n) is 1.25. The van der Waals surface area contributed by atoms with Crippen molar-refractivity contribution in [3.63, 3.8) is 0 Å². The van der Waals surface area contributed by atoms with Crippen LogP contribution in [0.4, 0.5) is 5.82 Å². The second-order valence-corrected chi connectivity index (χ2v) is 3.21. The van der Waals surface area contributed by atoms with Gasteiger partial charge >= 0.3 is 0 Å². The molecule has 0 unspecified atom stereocenters. The molecule has 0 bridgehead atoms. The lowest BCUT2D eigenvalue weighted by atomic mass is 10.3. The quantitative estimate of drug-likeness (QED) is 0.713. The Kier molecular flexibility index (Phi) is 2.34. The minimum absolute atomic E-state index is 0.346. The lowest BCUT2D eigenvalue weighted by Gasteiger charge is -2.02. The van der Waals surface area contributed by atoms with E-state index in [1.807, 2.05) is 13.2 Å². The molecule has 0 aromatic carbocycles. The largest absolute Gasteiger partial charge is 0.383 e. The van der Waals surface area contributed by atoms with Gasteiger partial charge in [-0.05, 0) is 0 Å². The van der Waals surface area contributed by atoms with Gasteiger partial charge in [-0.1, -0.05) is 0 Å². The number of nitrogen functional groups attached to an aromatic ring is 1. The van der Waals surface area contributed by atoms with Crippen LogP contribution < -0.4 is 11.5 Å². The van der Waals surface area contributed by atoms with Gasteiger partial charge in [-0.3, -0.25) is 4.68 Å². The average Bonchev–Trinajstić information content (AvgIpc) is 2.65. The first-order valence-corrected chi connectivity index (χ1v) is 4.51. The molecule has 2 rings (SSSR count). The highest BCUT2D eigenvalue weighted by Gasteiger charge is 2.06. The maximum absolute atomic E-state index is 5.72. The van der Waals surface area contributed by atoms with Crippen LogP contribution in [0.3, 0.4) is 0 Å². The van der Waals surface area contributed by atoms with E-state index in [9.17, 15) is 0 Å². The van der Waals surface area contributed by atoms with Crippen molar-refractivity contribution in [1.82, 2.24) is 19.7 Å². The molecule has 6 heteroatoms. The number of hydrogen-bond donors (Lipinski definition) is 2. The molecule has 0 spiro atoms. The summed E-state index contributed by atoms with van der Waals surface area (Å²) in [6.45, 7) is 0.346. The van der Waals surface area contributed by atoms with Gasteiger partial charge in [0, 0.05) is 31.5 Å². The Morgan fingerprint density at radius 3 is 2.73 bits per heavy atom. The molecule has 6 nitrogen and oxygen atoms in total. The van der Waals surface area contributed by atoms with Crippen LogP contribution >= 0.6 is 0 Å². The Morgan fingerprint density at radius 1 is 1.40 bits per heavy atom. The minimum atomic E-state index is 0.346. The molecule has 0 aliphatic heterocycles. The van der Waals surface area contributed by atoms with E-state index in [0.717, 1.165) is 11.1 Å². The molecular formula is C9H12N6. The number of rotatable bonds is 2. The summed E-state index contributed by atoms with van der Waals surface area (Å²) in [7, 11) is 1.83. The highest BCUT2D eigenvalue weighted by Crippen LogP contribution is 2.15. The van der Waals surface area contributed by atoms with E-state index in [1.165, 1.54) is 0 Å². The zero-order valence-corrected chi connectivity index (χ0v) is 8.38. The van der Waals surface area contributed by atoms with Gasteiger partial charge in [0.05, 0.1) is 11.8 Å². The molecule has 0 radical (unpaired) electrons. The van der Waals surface area contributed by atoms with Crippen LogP contribution in [0.15, 0.2) is 18.6 Å². The van der Waals surface area contributed by atoms with Crippen molar-refractivity contribution in [2.24, 2.45) is 12.8 Å². The van der Waals surface area contributed by atoms with Crippen molar-refractivity contribution >= 4 is 5.82 Å². The van der Waals surface area contributed by atoms with Crippen LogP contribution in [-0.2, 0) is 13.6 Å². The standard InChI is InChI=1S/C9H12N6/c1-15-5-7(4-13-15)9-12-3-6(2-10)8(11)14-9/h3-5H,2,10H2,1H3,(H2,11,12,14). The van der Waals surface area contributed by atoms with E-state index in [0.29, 0.717) is 18.2 Å². The second kappa shape index (κ2) is 3.66. The van der Waals surface area contributed by atoms with Crippen LogP contribution in [0.25, 0.3) is 11.4 Å². The Bertz CT molecular complexity index is 475. The van der Waals surface area contributed by atoms with Crippen LogP contribution in [0.1, 0.15) is 5.56 Å². The molecule has 0 fully saturated rings. The SMILES string of the molecule is Cn1cc(-c2ncc(CN)c(N)n2)cn1. The summed E-state index contributed by atoms with van der Waals surface area (Å²) in [5, 5.41) is 4.04. The highest BCUT2D eigenvalue weighted by atomic mass is 15.2. The second-order valence-electron chi connectivity index (χ2n) is 3.21. The van der Waals surface area contributed by atoms with Gasteiger partial charge in [0.15, 0.2) is 5.82 Å². The lowest BCUT2D eigenvalue weighted by Crippen LogP contribution is -2.05. The zero-order chi connectivity index (χ0) is 10.8. The highest BCUT2D eigenvalue weighted by molar-refractivity contribution is 5.55. The van der Waals surface area contributed by atoms with Crippen molar-refractivity contribution in [3.05, 3.63) is 24.2 Å². The summed E-state index contributed by atoms with van der Waals surface area (Å²) >= 11 is 0. The van der Waals surface area contributed by atoms with E-state index in [4.69, 9.17) is 11.5 Å². The van der Waals surface area contributed by atoms with Crippen molar-refractivity contribution in [3.8, 4) is 11.4 Å². The molecule has 78 valence electrons. The van der Waals surface area contributed by atoms with Gasteiger partial charge in [0.25, 0.3) is 0 Å². The number of aromatic nitrogens is 4. The van der Waals surface area contributed by atoms with Gasteiger partial charge < -0.3 is 11.5 Å². The summed E-state index contributed by atoms with van der Waals surface area (Å²) in [6.07, 6.45) is 5.17. The molecule has 0 saturated heterocycles. The molecule has 2 aromatic rings. The Hall–Kier alpha value is -1.95. The first kappa shape index (κ1) is 9.60. The Morgan fingerprint density at radius 2 is 2.20 bits per heavy atom. The van der Waals surface area contributed by atoms with Crippen molar-refractivity contribution in [2.75, 3.05) is 5.73 Å². The van der Waals surface area contributed by atoms with E-state index in [2.05, 4.69) is 15.1 Å². The smallest absolute Gasteiger partial charge is 0.164 e. The molecule has 0 aliphatic carbocycles. The zero-order valence-electron chi connectivity index (χ0n) is 8.38. The molecule has 4 N–H and O–H groups in total. The first-order chi connectivity index (χ1) is 7.20. The van der Waals surface area contributed by atoms with Gasteiger partial charge in [0.1, 0.15) is 5.82 Å². The first-order valence-electron chi connectivity index (χ1n) is 4.51. The van der Waals surface area contributed by atoms with Gasteiger partial charge in [-0.15, -0.1) is 0 Å². The van der Waals surface area contributed by atoms with E-state index < -0.39 is 0 Å². The molecule has 0 amide bonds. The van der Waals surface area contributed by atoms with Crippen LogP contribution in [-0.4, -0.2) is 19.7 Å². The topological polar surface area (TPSA) is 95.6 Å². The molecule has 2 aromatic heterocycles. The third kappa shape index (κ3) is 1.79. The van der Waals surface area contributed by atoms with Gasteiger partial charge in [0.2, 0.25) is 0 Å². The van der Waals surface area contributed by atoms with Crippen molar-refractivity contribution < 1.29 is 0 Å². The summed E-state index contributed by atoms with van der Waals surface area (Å²) in [6, 6.07) is 0. The normalized spacial score (nSPS) is 10.5. The Labute approximate surface area is 86.9 Å². The van der Waals surface area contributed by atoms with E-state index in [-0.39, 0.29) is 0 Å². The van der Waals surface area contributed by atoms with E-state index >= 15 is 0 Å². The molecule has 15 heavy (non-hydrogen) atoms. The van der Waals surface area contributed by atoms with Crippen LogP contribution in [0, 0.1) is 0 Å². The monoisotopic (exact) mass is 204 g/mol. The maximum Gasteiger partial charge on any atom is 0.164 e. The number of hydrogen-bond acceptors (Lipinski definition) is 5. The predicted octanol–water partition coefficient (Wildman–Crippen LogP) is -0.0820. The molecule has 0 atom stereocenters. The number of aryl methyl sites for hydroxylation is 1. The summed E-state index contributed by atoms with van der Waals surface area (Å²) in [4.78, 5) is 8.33. The third-order valence-corrected chi connectivity index (χ3v) is 2.08. The number of anilines is 1. The fourth-order valence-corrected chi connectivity index (χ4v) is 1.25. The molecular weight excluding hydrogens is 192 g/mol. The number of nitrogens with zero attached hydrogens (tertiary/aromatic N) is 4. The fraction of sp³-hybridized carbons (Fsp3) is 0.222.